The minimum Gasteiger partial charge on any atom is -0.370 e. The fourth-order valence-electron chi connectivity index (χ4n) is 1.80. The largest absolute Gasteiger partial charge is 0.370 e. The topological polar surface area (TPSA) is 35.8 Å². The lowest BCUT2D eigenvalue weighted by atomic mass is 10.0. The molecule has 1 aliphatic heterocycles. The highest BCUT2D eigenvalue weighted by atomic mass is 32.2. The molecule has 0 saturated carbocycles. The number of nitriles is 1. The third kappa shape index (κ3) is 2.67. The Hall–Kier alpha value is -1.21. The Bertz CT molecular complexity index is 379. The van der Waals surface area contributed by atoms with E-state index in [-0.39, 0.29) is 11.9 Å². The Kier molecular flexibility index (Phi) is 3.68. The average molecular weight is 236 g/mol. The number of nitrogens with zero attached hydrogens (tertiary/aromatic N) is 1. The molecule has 2 unspecified atom stereocenters. The predicted molar refractivity (Wildman–Crippen MR) is 64.9 cm³/mol. The number of hydrogen-bond acceptors (Lipinski definition) is 3. The number of halogens is 1. The van der Waals surface area contributed by atoms with Crippen LogP contribution in [0.15, 0.2) is 24.3 Å². The average Bonchev–Trinajstić information content (AvgIpc) is 2.82. The summed E-state index contributed by atoms with van der Waals surface area (Å²) in [6, 6.07) is 8.27. The maximum atomic E-state index is 12.7. The van der Waals surface area contributed by atoms with Gasteiger partial charge in [0.15, 0.2) is 0 Å². The minimum absolute atomic E-state index is 0.166. The molecule has 1 aliphatic rings. The Morgan fingerprint density at radius 1 is 1.44 bits per heavy atom. The van der Waals surface area contributed by atoms with E-state index in [2.05, 4.69) is 11.4 Å². The first-order valence-corrected chi connectivity index (χ1v) is 6.44. The normalized spacial score (nSPS) is 21.4. The van der Waals surface area contributed by atoms with Crippen molar-refractivity contribution in [2.24, 2.45) is 5.92 Å². The van der Waals surface area contributed by atoms with Gasteiger partial charge in [-0.15, -0.1) is 0 Å². The zero-order chi connectivity index (χ0) is 11.4. The van der Waals surface area contributed by atoms with Crippen LogP contribution in [-0.4, -0.2) is 17.5 Å². The molecule has 1 aromatic rings. The lowest BCUT2D eigenvalue weighted by Gasteiger charge is -2.18. The van der Waals surface area contributed by atoms with Gasteiger partial charge < -0.3 is 5.32 Å². The molecule has 1 fully saturated rings. The number of rotatable bonds is 3. The molecule has 4 heteroatoms. The molecule has 2 rings (SSSR count). The Morgan fingerprint density at radius 3 is 2.75 bits per heavy atom. The molecule has 16 heavy (non-hydrogen) atoms. The van der Waals surface area contributed by atoms with Crippen molar-refractivity contribution in [1.29, 1.82) is 5.26 Å². The fourth-order valence-corrected chi connectivity index (χ4v) is 3.09. The first-order valence-electron chi connectivity index (χ1n) is 5.29. The van der Waals surface area contributed by atoms with E-state index in [4.69, 9.17) is 5.26 Å². The minimum atomic E-state index is -0.254. The van der Waals surface area contributed by atoms with E-state index >= 15 is 0 Å². The summed E-state index contributed by atoms with van der Waals surface area (Å²) >= 11 is 1.89. The summed E-state index contributed by atoms with van der Waals surface area (Å²) in [4.78, 5) is 0. The zero-order valence-electron chi connectivity index (χ0n) is 8.82. The molecule has 1 saturated heterocycles. The van der Waals surface area contributed by atoms with E-state index < -0.39 is 0 Å². The molecular formula is C12H13FN2S. The smallest absolute Gasteiger partial charge is 0.123 e. The maximum absolute atomic E-state index is 12.7. The van der Waals surface area contributed by atoms with Crippen LogP contribution in [0.1, 0.15) is 6.42 Å². The highest BCUT2D eigenvalue weighted by Gasteiger charge is 2.25. The summed E-state index contributed by atoms with van der Waals surface area (Å²) in [6.45, 7) is 0. The maximum Gasteiger partial charge on any atom is 0.123 e. The van der Waals surface area contributed by atoms with Crippen LogP contribution in [-0.2, 0) is 0 Å². The number of hydrogen-bond donors (Lipinski definition) is 1. The third-order valence-corrected chi connectivity index (χ3v) is 3.93. The van der Waals surface area contributed by atoms with Crippen LogP contribution in [0.2, 0.25) is 0 Å². The first kappa shape index (κ1) is 11.3. The second kappa shape index (κ2) is 5.22. The van der Waals surface area contributed by atoms with Gasteiger partial charge in [-0.2, -0.15) is 17.0 Å². The van der Waals surface area contributed by atoms with Crippen LogP contribution in [0.5, 0.6) is 0 Å². The second-order valence-corrected chi connectivity index (χ2v) is 5.03. The zero-order valence-corrected chi connectivity index (χ0v) is 9.64. The summed E-state index contributed by atoms with van der Waals surface area (Å²) < 4.78 is 12.7. The van der Waals surface area contributed by atoms with E-state index in [1.165, 1.54) is 12.1 Å². The lowest BCUT2D eigenvalue weighted by Crippen LogP contribution is -2.27. The fraction of sp³-hybridized carbons (Fsp3) is 0.417. The van der Waals surface area contributed by atoms with Crippen LogP contribution in [0, 0.1) is 23.1 Å². The summed E-state index contributed by atoms with van der Waals surface area (Å²) in [5, 5.41) is 12.3. The van der Waals surface area contributed by atoms with E-state index in [0.717, 1.165) is 23.6 Å². The highest BCUT2D eigenvalue weighted by Crippen LogP contribution is 2.27. The van der Waals surface area contributed by atoms with Gasteiger partial charge in [-0.3, -0.25) is 0 Å². The van der Waals surface area contributed by atoms with Crippen molar-refractivity contribution in [1.82, 2.24) is 0 Å². The van der Waals surface area contributed by atoms with Crippen molar-refractivity contribution < 1.29 is 4.39 Å². The Morgan fingerprint density at radius 2 is 2.19 bits per heavy atom. The van der Waals surface area contributed by atoms with E-state index in [1.807, 2.05) is 11.8 Å². The molecule has 0 bridgehead atoms. The third-order valence-electron chi connectivity index (χ3n) is 2.74. The van der Waals surface area contributed by atoms with Gasteiger partial charge in [0.1, 0.15) is 11.9 Å². The van der Waals surface area contributed by atoms with Crippen molar-refractivity contribution in [3.8, 4) is 6.07 Å². The van der Waals surface area contributed by atoms with Gasteiger partial charge in [-0.25, -0.2) is 4.39 Å². The van der Waals surface area contributed by atoms with Crippen molar-refractivity contribution in [2.45, 2.75) is 12.5 Å². The molecule has 0 spiro atoms. The quantitative estimate of drug-likeness (QED) is 0.876. The monoisotopic (exact) mass is 236 g/mol. The highest BCUT2D eigenvalue weighted by molar-refractivity contribution is 7.99. The molecular weight excluding hydrogens is 223 g/mol. The van der Waals surface area contributed by atoms with Crippen LogP contribution >= 0.6 is 11.8 Å². The molecule has 1 aromatic carbocycles. The summed E-state index contributed by atoms with van der Waals surface area (Å²) in [5.74, 6) is 2.32. The van der Waals surface area contributed by atoms with Gasteiger partial charge in [-0.05, 0) is 42.2 Å². The number of anilines is 1. The van der Waals surface area contributed by atoms with Crippen molar-refractivity contribution in [3.63, 3.8) is 0 Å². The van der Waals surface area contributed by atoms with Crippen LogP contribution in [0.4, 0.5) is 10.1 Å². The first-order chi connectivity index (χ1) is 7.79. The Labute approximate surface area is 98.8 Å². The van der Waals surface area contributed by atoms with Gasteiger partial charge in [0.25, 0.3) is 0 Å². The summed E-state index contributed by atoms with van der Waals surface area (Å²) in [5.41, 5.74) is 0.810. The van der Waals surface area contributed by atoms with Gasteiger partial charge >= 0.3 is 0 Å². The van der Waals surface area contributed by atoms with Crippen molar-refractivity contribution >= 4 is 17.4 Å². The second-order valence-electron chi connectivity index (χ2n) is 3.88. The van der Waals surface area contributed by atoms with Crippen LogP contribution in [0.3, 0.4) is 0 Å². The molecule has 2 atom stereocenters. The van der Waals surface area contributed by atoms with Crippen molar-refractivity contribution in [2.75, 3.05) is 16.8 Å². The molecule has 0 radical (unpaired) electrons. The molecule has 0 aromatic heterocycles. The molecule has 2 nitrogen and oxygen atoms in total. The van der Waals surface area contributed by atoms with Gasteiger partial charge in [0.05, 0.1) is 6.07 Å². The Balaban J connectivity index is 2.01. The molecule has 0 aliphatic carbocycles. The number of nitrogens with one attached hydrogen (secondary N) is 1. The van der Waals surface area contributed by atoms with Crippen molar-refractivity contribution in [3.05, 3.63) is 30.1 Å². The number of thioether (sulfide) groups is 1. The molecule has 1 heterocycles. The molecule has 0 amide bonds. The van der Waals surface area contributed by atoms with Gasteiger partial charge in [-0.1, -0.05) is 0 Å². The molecule has 84 valence electrons. The van der Waals surface area contributed by atoms with E-state index in [0.29, 0.717) is 5.92 Å². The summed E-state index contributed by atoms with van der Waals surface area (Å²) in [6.07, 6.45) is 1.08. The van der Waals surface area contributed by atoms with E-state index in [9.17, 15) is 4.39 Å². The van der Waals surface area contributed by atoms with Crippen LogP contribution in [0.25, 0.3) is 0 Å². The van der Waals surface area contributed by atoms with E-state index in [1.54, 1.807) is 12.1 Å². The predicted octanol–water partition coefficient (Wildman–Crippen LogP) is 2.88. The molecule has 1 N–H and O–H groups in total. The number of benzene rings is 1. The van der Waals surface area contributed by atoms with Gasteiger partial charge in [0, 0.05) is 11.6 Å². The standard InChI is InChI=1S/C12H13FN2S/c13-10-1-3-11(4-2-10)15-12(7-14)9-5-6-16-8-9/h1-4,9,12,15H,5-6,8H2. The lowest BCUT2D eigenvalue weighted by molar-refractivity contribution is 0.564. The van der Waals surface area contributed by atoms with Gasteiger partial charge in [0.2, 0.25) is 0 Å². The summed E-state index contributed by atoms with van der Waals surface area (Å²) in [7, 11) is 0. The van der Waals surface area contributed by atoms with Crippen LogP contribution < -0.4 is 5.32 Å². The SMILES string of the molecule is N#CC(Nc1ccc(F)cc1)C1CCSC1.